The fraction of sp³-hybridized carbons (Fsp3) is 0.831. The van der Waals surface area contributed by atoms with Crippen LogP contribution in [0.1, 0.15) is 361 Å². The summed E-state index contributed by atoms with van der Waals surface area (Å²) in [6.07, 6.45) is 94.2. The van der Waals surface area contributed by atoms with Gasteiger partial charge in [-0.05, 0) is 64.2 Å². The average Bonchev–Trinajstić information content (AvgIpc) is 3.70. The molecule has 3 unspecified atom stereocenters. The summed E-state index contributed by atoms with van der Waals surface area (Å²) < 4.78 is 23.6. The van der Waals surface area contributed by atoms with Crippen LogP contribution in [0.15, 0.2) is 72.9 Å². The first-order valence-corrected chi connectivity index (χ1v) is 38.7. The van der Waals surface area contributed by atoms with Crippen molar-refractivity contribution in [3.8, 4) is 0 Å². The second kappa shape index (κ2) is 67.3. The molecular weight excluding hydrogens is 1080 g/mol. The molecule has 0 bridgehead atoms. The number of likely N-dealkylation sites (N-methyl/N-ethyl adjacent to an activating group) is 1. The van der Waals surface area contributed by atoms with E-state index in [9.17, 15) is 19.4 Å². The van der Waals surface area contributed by atoms with Gasteiger partial charge in [-0.2, -0.15) is 0 Å². The molecule has 0 aromatic carbocycles. The van der Waals surface area contributed by atoms with Gasteiger partial charge in [0.1, 0.15) is 13.2 Å². The van der Waals surface area contributed by atoms with Crippen molar-refractivity contribution >= 4 is 13.7 Å². The quantitative estimate of drug-likeness (QED) is 0.0272. The van der Waals surface area contributed by atoms with Crippen molar-refractivity contribution in [3.63, 3.8) is 0 Å². The average molecular weight is 1230 g/mol. The molecule has 86 heavy (non-hydrogen) atoms. The van der Waals surface area contributed by atoms with Gasteiger partial charge in [0.15, 0.2) is 0 Å². The number of aliphatic hydroxyl groups excluding tert-OH is 1. The number of allylic oxidation sites excluding steroid dienone is 12. The third-order valence-electron chi connectivity index (χ3n) is 17.0. The van der Waals surface area contributed by atoms with E-state index in [0.717, 1.165) is 77.0 Å². The normalized spacial score (nSPS) is 14.0. The predicted molar refractivity (Wildman–Crippen MR) is 376 cm³/mol. The highest BCUT2D eigenvalue weighted by atomic mass is 31.2. The first-order valence-electron chi connectivity index (χ1n) is 37.3. The summed E-state index contributed by atoms with van der Waals surface area (Å²) >= 11 is 0. The lowest BCUT2D eigenvalue weighted by molar-refractivity contribution is -0.870. The number of nitrogens with zero attached hydrogens (tertiary/aromatic N) is 1. The van der Waals surface area contributed by atoms with Gasteiger partial charge in [-0.25, -0.2) is 0 Å². The molecule has 504 valence electrons. The number of nitrogens with one attached hydrogen (secondary N) is 1. The minimum atomic E-state index is -4.59. The highest BCUT2D eigenvalue weighted by Gasteiger charge is 2.24. The van der Waals surface area contributed by atoms with Gasteiger partial charge in [-0.15, -0.1) is 0 Å². The summed E-state index contributed by atoms with van der Waals surface area (Å²) in [6, 6.07) is -0.806. The molecule has 0 aromatic heterocycles. The lowest BCUT2D eigenvalue weighted by atomic mass is 10.0. The zero-order chi connectivity index (χ0) is 62.6. The molecule has 0 heterocycles. The summed E-state index contributed by atoms with van der Waals surface area (Å²) in [6.45, 7) is 4.65. The number of hydrogen-bond acceptors (Lipinski definition) is 6. The second-order valence-electron chi connectivity index (χ2n) is 26.6. The number of aliphatic hydroxyl groups is 1. The van der Waals surface area contributed by atoms with Gasteiger partial charge in [-0.3, -0.25) is 9.36 Å². The van der Waals surface area contributed by atoms with E-state index in [-0.39, 0.29) is 19.1 Å². The maximum atomic E-state index is 13.1. The van der Waals surface area contributed by atoms with Crippen LogP contribution in [0.25, 0.3) is 0 Å². The van der Waals surface area contributed by atoms with Gasteiger partial charge in [0.05, 0.1) is 39.9 Å². The van der Waals surface area contributed by atoms with E-state index in [4.69, 9.17) is 9.05 Å². The highest BCUT2D eigenvalue weighted by molar-refractivity contribution is 7.45. The van der Waals surface area contributed by atoms with Crippen molar-refractivity contribution in [2.24, 2.45) is 0 Å². The number of carbonyl (C=O) groups excluding carboxylic acids is 1. The Kier molecular flexibility index (Phi) is 65.7. The van der Waals surface area contributed by atoms with Crippen LogP contribution in [0.4, 0.5) is 0 Å². The lowest BCUT2D eigenvalue weighted by Gasteiger charge is -2.30. The van der Waals surface area contributed by atoms with Gasteiger partial charge in [-0.1, -0.05) is 363 Å². The fourth-order valence-corrected chi connectivity index (χ4v) is 11.9. The van der Waals surface area contributed by atoms with Crippen LogP contribution in [0.3, 0.4) is 0 Å². The van der Waals surface area contributed by atoms with Gasteiger partial charge in [0, 0.05) is 6.42 Å². The Morgan fingerprint density at radius 3 is 1.03 bits per heavy atom. The maximum absolute atomic E-state index is 13.1. The molecule has 8 nitrogen and oxygen atoms in total. The smallest absolute Gasteiger partial charge is 0.268 e. The van der Waals surface area contributed by atoms with E-state index in [0.29, 0.717) is 23.9 Å². The minimum Gasteiger partial charge on any atom is -0.756 e. The summed E-state index contributed by atoms with van der Waals surface area (Å²) in [5.74, 6) is -0.162. The van der Waals surface area contributed by atoms with E-state index in [1.54, 1.807) is 0 Å². The fourth-order valence-electron chi connectivity index (χ4n) is 11.2. The second-order valence-corrected chi connectivity index (χ2v) is 28.0. The summed E-state index contributed by atoms with van der Waals surface area (Å²) in [5, 5.41) is 14.1. The van der Waals surface area contributed by atoms with Crippen LogP contribution in [0, 0.1) is 0 Å². The zero-order valence-electron chi connectivity index (χ0n) is 57.8. The van der Waals surface area contributed by atoms with Crippen LogP contribution in [0.2, 0.25) is 0 Å². The Morgan fingerprint density at radius 2 is 0.709 bits per heavy atom. The number of phosphoric acid groups is 1. The van der Waals surface area contributed by atoms with Crippen molar-refractivity contribution in [3.05, 3.63) is 72.9 Å². The SMILES string of the molecule is CC/C=C\C/C=C\C/C=C\C/C=C\C/C=C\C/C=C\CCCCCCCCCCCCCCCCC(=O)NC(COP(=O)([O-])OCC[N+](C)(C)C)C(O)CCCCCCCCCCCCCCCCCCCCCCCCCCCCCCCCC. The van der Waals surface area contributed by atoms with Gasteiger partial charge in [0.2, 0.25) is 5.91 Å². The first-order chi connectivity index (χ1) is 42.0. The number of hydrogen-bond donors (Lipinski definition) is 2. The molecule has 1 amide bonds. The molecule has 0 spiro atoms. The van der Waals surface area contributed by atoms with Gasteiger partial charge < -0.3 is 28.8 Å². The van der Waals surface area contributed by atoms with Crippen molar-refractivity contribution in [2.75, 3.05) is 40.9 Å². The van der Waals surface area contributed by atoms with Crippen molar-refractivity contribution in [1.29, 1.82) is 0 Å². The molecule has 0 fully saturated rings. The molecule has 0 aliphatic heterocycles. The highest BCUT2D eigenvalue weighted by Crippen LogP contribution is 2.38. The van der Waals surface area contributed by atoms with Gasteiger partial charge in [0.25, 0.3) is 7.82 Å². The number of amides is 1. The molecule has 9 heteroatoms. The van der Waals surface area contributed by atoms with Crippen LogP contribution in [-0.4, -0.2) is 68.5 Å². The Labute approximate surface area is 535 Å². The number of carbonyl (C=O) groups is 1. The zero-order valence-corrected chi connectivity index (χ0v) is 58.7. The summed E-state index contributed by atoms with van der Waals surface area (Å²) in [5.41, 5.74) is 0. The number of quaternary nitrogens is 1. The van der Waals surface area contributed by atoms with E-state index < -0.39 is 20.0 Å². The van der Waals surface area contributed by atoms with Crippen LogP contribution in [-0.2, 0) is 18.4 Å². The van der Waals surface area contributed by atoms with E-state index >= 15 is 0 Å². The predicted octanol–water partition coefficient (Wildman–Crippen LogP) is 23.5. The maximum Gasteiger partial charge on any atom is 0.268 e. The Balaban J connectivity index is 4.00. The Hall–Kier alpha value is -2.06. The number of phosphoric ester groups is 1. The van der Waals surface area contributed by atoms with Crippen molar-refractivity contribution in [1.82, 2.24) is 5.32 Å². The third kappa shape index (κ3) is 69.4. The number of unbranched alkanes of at least 4 members (excludes halogenated alkanes) is 44. The molecule has 0 aliphatic rings. The molecule has 0 saturated carbocycles. The molecule has 3 atom stereocenters. The Morgan fingerprint density at radius 1 is 0.419 bits per heavy atom. The Bertz CT molecular complexity index is 1630. The standard InChI is InChI=1S/C77H145N2O6P/c1-6-8-10-12-14-16-18-20-22-24-26-28-30-32-34-36-38-39-41-43-45-47-49-51-53-55-57-59-61-63-65-67-69-71-77(81)78-75(74-85-86(82,83)84-73-72-79(3,4)5)76(80)70-68-66-64-62-60-58-56-54-52-50-48-46-44-42-40-37-35-33-31-29-27-25-23-21-19-17-15-13-11-9-7-2/h8,10,14,16,20,22,26,28,32,34,38-39,75-76,80H,6-7,9,11-13,15,17-19,21,23-25,27,29-31,33,35-37,40-74H2,1-5H3,(H-,78,81,82,83)/b10-8-,16-14-,22-20-,28-26-,34-32-,39-38-. The molecule has 2 N–H and O–H groups in total. The van der Waals surface area contributed by atoms with Crippen LogP contribution in [0.5, 0.6) is 0 Å². The van der Waals surface area contributed by atoms with E-state index in [2.05, 4.69) is 92.1 Å². The monoisotopic (exact) mass is 1230 g/mol. The summed E-state index contributed by atoms with van der Waals surface area (Å²) in [4.78, 5) is 25.7. The van der Waals surface area contributed by atoms with E-state index in [1.165, 1.54) is 257 Å². The molecular formula is C77H145N2O6P. The lowest BCUT2D eigenvalue weighted by Crippen LogP contribution is -2.46. The summed E-state index contributed by atoms with van der Waals surface area (Å²) in [7, 11) is 1.31. The minimum absolute atomic E-state index is 0.0112. The van der Waals surface area contributed by atoms with Crippen LogP contribution < -0.4 is 10.2 Å². The molecule has 0 rings (SSSR count). The van der Waals surface area contributed by atoms with Crippen molar-refractivity contribution < 1.29 is 32.9 Å². The van der Waals surface area contributed by atoms with Crippen molar-refractivity contribution in [2.45, 2.75) is 373 Å². The molecule has 0 radical (unpaired) electrons. The largest absolute Gasteiger partial charge is 0.756 e. The topological polar surface area (TPSA) is 108 Å². The third-order valence-corrected chi connectivity index (χ3v) is 17.9. The molecule has 0 aliphatic carbocycles. The van der Waals surface area contributed by atoms with Gasteiger partial charge >= 0.3 is 0 Å². The van der Waals surface area contributed by atoms with Crippen LogP contribution >= 0.6 is 7.82 Å². The van der Waals surface area contributed by atoms with E-state index in [1.807, 2.05) is 21.1 Å². The molecule has 0 aromatic rings. The number of rotatable bonds is 69. The first kappa shape index (κ1) is 83.9. The molecule has 0 saturated heterocycles.